The molecule has 4 N–H and O–H groups in total. The van der Waals surface area contributed by atoms with Crippen LogP contribution in [0.5, 0.6) is 0 Å². The fraction of sp³-hybridized carbons (Fsp3) is 0.736. The molecule has 0 amide bonds. The van der Waals surface area contributed by atoms with Crippen molar-refractivity contribution in [2.45, 2.75) is 373 Å². The van der Waals surface area contributed by atoms with E-state index in [1.54, 1.807) is 0 Å². The Morgan fingerprint density at radius 3 is 0.800 bits per heavy atom. The van der Waals surface area contributed by atoms with E-state index in [4.69, 9.17) is 32.3 Å². The lowest BCUT2D eigenvalue weighted by Gasteiger charge is -2.21. The number of unbranched alkanes of at least 4 members (excludes halogenated alkanes) is 36. The molecule has 105 heavy (non-hydrogen) atoms. The smallest absolute Gasteiger partial charge is 0.463 e. The molecule has 0 saturated carbocycles. The third-order valence-corrected chi connectivity index (χ3v) is 19.6. The number of allylic oxidation sites excluding steroid dienone is 20. The van der Waals surface area contributed by atoms with E-state index < -0.39 is 91.5 Å². The highest BCUT2D eigenvalue weighted by molar-refractivity contribution is 7.47. The number of aliphatic hydroxyl groups is 2. The molecule has 0 aromatic rings. The molecule has 0 fully saturated rings. The van der Waals surface area contributed by atoms with E-state index in [2.05, 4.69) is 142 Å². The van der Waals surface area contributed by atoms with Crippen molar-refractivity contribution in [1.29, 1.82) is 0 Å². The Labute approximate surface area is 640 Å². The van der Waals surface area contributed by atoms with Crippen LogP contribution in [0.4, 0.5) is 0 Å². The molecule has 0 radical (unpaired) electrons. The molecule has 0 aliphatic heterocycles. The van der Waals surface area contributed by atoms with Crippen LogP contribution in [0.1, 0.15) is 355 Å². The number of ether oxygens (including phenoxy) is 3. The van der Waals surface area contributed by atoms with E-state index >= 15 is 0 Å². The molecule has 0 saturated heterocycles. The Morgan fingerprint density at radius 1 is 0.276 bits per heavy atom. The first-order valence-electron chi connectivity index (χ1n) is 41.8. The standard InChI is InChI=1S/C87H152O16P2/c1-4-7-10-13-16-19-22-25-28-30-32-34-36-38-39-40-41-43-45-46-48-50-53-55-58-61-64-67-70-73-85(90)97-76-82(88)77-99-104(93,94)100-78-83(89)79-101-105(95,96)102-81-84(103-87(92)75-72-69-66-63-60-57-52-27-24-21-18-15-12-9-6-3)80-98-86(91)74-71-68-65-62-59-56-54-51-49-47-44-42-37-35-33-31-29-26-23-20-17-14-11-8-5-2/h7-8,10-11,16-17,19-20,25-26,28-29,32-35,38-39,42,44,82-84,88-89H,4-6,9,12-15,18,21-24,27,30-31,36-37,40-41,43,45-81H2,1-3H3,(H,93,94)(H,95,96)/b10-7-,11-8-,19-16-,20-17-,28-25-,29-26-,34-32-,35-33-,39-38-,44-42-. The van der Waals surface area contributed by atoms with Gasteiger partial charge in [0, 0.05) is 19.3 Å². The van der Waals surface area contributed by atoms with Crippen molar-refractivity contribution in [3.8, 4) is 0 Å². The van der Waals surface area contributed by atoms with Gasteiger partial charge in [0.15, 0.2) is 6.10 Å². The van der Waals surface area contributed by atoms with Crippen LogP contribution in [0.2, 0.25) is 0 Å². The maximum absolute atomic E-state index is 13.0. The van der Waals surface area contributed by atoms with E-state index in [0.717, 1.165) is 148 Å². The summed E-state index contributed by atoms with van der Waals surface area (Å²) in [5, 5.41) is 20.7. The third-order valence-electron chi connectivity index (χ3n) is 17.7. The van der Waals surface area contributed by atoms with Crippen LogP contribution in [-0.2, 0) is 55.8 Å². The van der Waals surface area contributed by atoms with Gasteiger partial charge in [-0.25, -0.2) is 9.13 Å². The van der Waals surface area contributed by atoms with Gasteiger partial charge in [-0.3, -0.25) is 32.5 Å². The highest BCUT2D eigenvalue weighted by Gasteiger charge is 2.29. The van der Waals surface area contributed by atoms with Crippen LogP contribution in [0.15, 0.2) is 122 Å². The second-order valence-electron chi connectivity index (χ2n) is 27.9. The van der Waals surface area contributed by atoms with Crippen LogP contribution < -0.4 is 0 Å². The van der Waals surface area contributed by atoms with E-state index in [1.807, 2.05) is 0 Å². The summed E-state index contributed by atoms with van der Waals surface area (Å²) in [5.41, 5.74) is 0. The minimum absolute atomic E-state index is 0.106. The zero-order valence-corrected chi connectivity index (χ0v) is 68.2. The van der Waals surface area contributed by atoms with Crippen LogP contribution in [0.3, 0.4) is 0 Å². The molecule has 0 aliphatic carbocycles. The van der Waals surface area contributed by atoms with Crippen LogP contribution >= 0.6 is 15.6 Å². The van der Waals surface area contributed by atoms with E-state index in [9.17, 15) is 43.5 Å². The number of carbonyl (C=O) groups excluding carboxylic acids is 3. The number of hydrogen-bond donors (Lipinski definition) is 4. The molecule has 16 nitrogen and oxygen atoms in total. The molecule has 0 aliphatic rings. The number of phosphoric ester groups is 2. The van der Waals surface area contributed by atoms with Crippen molar-refractivity contribution in [3.05, 3.63) is 122 Å². The van der Waals surface area contributed by atoms with Crippen molar-refractivity contribution in [3.63, 3.8) is 0 Å². The van der Waals surface area contributed by atoms with Gasteiger partial charge in [0.2, 0.25) is 0 Å². The summed E-state index contributed by atoms with van der Waals surface area (Å²) >= 11 is 0. The highest BCUT2D eigenvalue weighted by Crippen LogP contribution is 2.45. The minimum Gasteiger partial charge on any atom is -0.463 e. The van der Waals surface area contributed by atoms with Gasteiger partial charge in [-0.15, -0.1) is 0 Å². The van der Waals surface area contributed by atoms with Crippen molar-refractivity contribution in [1.82, 2.24) is 0 Å². The predicted octanol–water partition coefficient (Wildman–Crippen LogP) is 24.9. The van der Waals surface area contributed by atoms with Crippen LogP contribution in [0.25, 0.3) is 0 Å². The molecule has 606 valence electrons. The molecular weight excluding hydrogens is 1360 g/mol. The molecule has 0 heterocycles. The largest absolute Gasteiger partial charge is 0.472 e. The Bertz CT molecular complexity index is 2390. The molecule has 5 unspecified atom stereocenters. The normalized spacial score (nSPS) is 14.5. The van der Waals surface area contributed by atoms with E-state index in [1.165, 1.54) is 148 Å². The molecule has 18 heteroatoms. The lowest BCUT2D eigenvalue weighted by atomic mass is 10.0. The van der Waals surface area contributed by atoms with Gasteiger partial charge in [0.05, 0.1) is 26.4 Å². The molecular formula is C87H152O16P2. The van der Waals surface area contributed by atoms with Crippen LogP contribution in [0, 0.1) is 0 Å². The molecule has 0 rings (SSSR count). The molecule has 0 aromatic heterocycles. The summed E-state index contributed by atoms with van der Waals surface area (Å²) in [6, 6.07) is 0. The Kier molecular flexibility index (Phi) is 76.4. The van der Waals surface area contributed by atoms with Crippen molar-refractivity contribution < 1.29 is 75.8 Å². The molecule has 0 aromatic carbocycles. The van der Waals surface area contributed by atoms with E-state index in [0.29, 0.717) is 19.3 Å². The summed E-state index contributed by atoms with van der Waals surface area (Å²) in [6.07, 6.45) is 95.3. The number of aliphatic hydroxyl groups excluding tert-OH is 2. The Morgan fingerprint density at radius 2 is 0.505 bits per heavy atom. The van der Waals surface area contributed by atoms with Gasteiger partial charge in [0.25, 0.3) is 0 Å². The van der Waals surface area contributed by atoms with Gasteiger partial charge >= 0.3 is 33.6 Å². The second kappa shape index (κ2) is 79.5. The van der Waals surface area contributed by atoms with Crippen LogP contribution in [-0.4, -0.2) is 95.9 Å². The summed E-state index contributed by atoms with van der Waals surface area (Å²) < 4.78 is 61.3. The highest BCUT2D eigenvalue weighted by atomic mass is 31.2. The van der Waals surface area contributed by atoms with Crippen molar-refractivity contribution in [2.75, 3.05) is 39.6 Å². The summed E-state index contributed by atoms with van der Waals surface area (Å²) in [4.78, 5) is 58.8. The third kappa shape index (κ3) is 80.8. The van der Waals surface area contributed by atoms with Crippen molar-refractivity contribution >= 4 is 33.6 Å². The number of carbonyl (C=O) groups is 3. The van der Waals surface area contributed by atoms with Gasteiger partial charge in [-0.2, -0.15) is 0 Å². The SMILES string of the molecule is CC/C=C\C/C=C\C/C=C\C/C=C\C/C=C\CCCCCCCCCCCCCCCC(=O)OCC(O)COP(=O)(O)OCC(O)COP(=O)(O)OCC(COC(=O)CCCCCCCCCCC/C=C\C/C=C\C/C=C\C/C=C\C/C=C\CC)OC(=O)CCCCCCCCCCCCCCCCC. The maximum Gasteiger partial charge on any atom is 0.472 e. The summed E-state index contributed by atoms with van der Waals surface area (Å²) in [6.45, 7) is 2.50. The lowest BCUT2D eigenvalue weighted by Crippen LogP contribution is -2.30. The summed E-state index contributed by atoms with van der Waals surface area (Å²) in [7, 11) is -9.79. The maximum atomic E-state index is 13.0. The number of rotatable bonds is 79. The van der Waals surface area contributed by atoms with E-state index in [-0.39, 0.29) is 19.3 Å². The fourth-order valence-electron chi connectivity index (χ4n) is 11.4. The first-order valence-corrected chi connectivity index (χ1v) is 44.8. The predicted molar refractivity (Wildman–Crippen MR) is 436 cm³/mol. The molecule has 0 bridgehead atoms. The number of phosphoric acid groups is 2. The lowest BCUT2D eigenvalue weighted by molar-refractivity contribution is -0.161. The zero-order chi connectivity index (χ0) is 76.6. The minimum atomic E-state index is -4.93. The fourth-order valence-corrected chi connectivity index (χ4v) is 13.0. The number of esters is 3. The topological polar surface area (TPSA) is 231 Å². The molecule has 0 spiro atoms. The monoisotopic (exact) mass is 1520 g/mol. The van der Waals surface area contributed by atoms with Crippen molar-refractivity contribution in [2.24, 2.45) is 0 Å². The average Bonchev–Trinajstić information content (AvgIpc) is 0.913. The average molecular weight is 1520 g/mol. The Hall–Kier alpha value is -4.05. The van der Waals surface area contributed by atoms with Gasteiger partial charge in [0.1, 0.15) is 25.4 Å². The van der Waals surface area contributed by atoms with Gasteiger partial charge in [-0.05, 0) is 109 Å². The second-order valence-corrected chi connectivity index (χ2v) is 30.8. The first-order chi connectivity index (χ1) is 51.2. The molecule has 5 atom stereocenters. The number of hydrogen-bond acceptors (Lipinski definition) is 14. The Balaban J connectivity index is 4.52. The first kappa shape index (κ1) is 101. The zero-order valence-electron chi connectivity index (χ0n) is 66.4. The summed E-state index contributed by atoms with van der Waals surface area (Å²) in [5.74, 6) is -1.57. The van der Waals surface area contributed by atoms with Gasteiger partial charge in [-0.1, -0.05) is 348 Å². The quantitative estimate of drug-likeness (QED) is 0.0146. The van der Waals surface area contributed by atoms with Gasteiger partial charge < -0.3 is 34.2 Å².